The molecular formula is C19H20F3N3O. The van der Waals surface area contributed by atoms with Gasteiger partial charge in [-0.1, -0.05) is 12.1 Å². The summed E-state index contributed by atoms with van der Waals surface area (Å²) in [5, 5.41) is 1.43. The Morgan fingerprint density at radius 1 is 1.08 bits per heavy atom. The van der Waals surface area contributed by atoms with Crippen LogP contribution in [0.3, 0.4) is 0 Å². The lowest BCUT2D eigenvalue weighted by Crippen LogP contribution is -2.38. The lowest BCUT2D eigenvalue weighted by Gasteiger charge is -2.27. The van der Waals surface area contributed by atoms with Crippen molar-refractivity contribution in [2.75, 3.05) is 32.8 Å². The molecule has 0 saturated carbocycles. The van der Waals surface area contributed by atoms with Gasteiger partial charge < -0.3 is 9.30 Å². The van der Waals surface area contributed by atoms with Crippen LogP contribution in [0.15, 0.2) is 30.5 Å². The Hall–Kier alpha value is -2.12. The van der Waals surface area contributed by atoms with E-state index in [0.717, 1.165) is 29.6 Å². The Morgan fingerprint density at radius 2 is 1.85 bits per heavy atom. The zero-order valence-corrected chi connectivity index (χ0v) is 14.5. The average molecular weight is 363 g/mol. The van der Waals surface area contributed by atoms with Crippen LogP contribution in [0, 0.1) is 6.92 Å². The topological polar surface area (TPSA) is 30.3 Å². The molecular weight excluding hydrogens is 343 g/mol. The first-order chi connectivity index (χ1) is 12.4. The van der Waals surface area contributed by atoms with E-state index in [1.165, 1.54) is 6.20 Å². The number of hydrogen-bond acceptors (Lipinski definition) is 3. The highest BCUT2D eigenvalue weighted by Gasteiger charge is 2.36. The van der Waals surface area contributed by atoms with Crippen LogP contribution >= 0.6 is 0 Å². The predicted octanol–water partition coefficient (Wildman–Crippen LogP) is 3.85. The second-order valence-corrected chi connectivity index (χ2v) is 6.68. The van der Waals surface area contributed by atoms with Gasteiger partial charge in [0, 0.05) is 48.7 Å². The third-order valence-corrected chi connectivity index (χ3v) is 4.94. The van der Waals surface area contributed by atoms with Gasteiger partial charge in [0.15, 0.2) is 5.69 Å². The standard InChI is InChI=1S/C19H20F3N3O/c1-13-2-3-14-15-4-5-23-18(19(20,21)22)17(15)25(16(14)12-13)7-6-24-8-10-26-11-9-24/h2-5,12H,6-11H2,1H3. The van der Waals surface area contributed by atoms with Crippen molar-refractivity contribution in [3.63, 3.8) is 0 Å². The molecule has 0 unspecified atom stereocenters. The fourth-order valence-electron chi connectivity index (χ4n) is 3.66. The van der Waals surface area contributed by atoms with Gasteiger partial charge in [-0.2, -0.15) is 13.2 Å². The van der Waals surface area contributed by atoms with Crippen molar-refractivity contribution in [3.05, 3.63) is 41.7 Å². The molecule has 4 nitrogen and oxygen atoms in total. The number of nitrogens with zero attached hydrogens (tertiary/aromatic N) is 3. The normalized spacial score (nSPS) is 16.6. The predicted molar refractivity (Wildman–Crippen MR) is 94.2 cm³/mol. The van der Waals surface area contributed by atoms with E-state index in [2.05, 4.69) is 9.88 Å². The van der Waals surface area contributed by atoms with E-state index in [1.54, 1.807) is 10.6 Å². The van der Waals surface area contributed by atoms with E-state index in [-0.39, 0.29) is 5.52 Å². The van der Waals surface area contributed by atoms with Crippen molar-refractivity contribution in [1.82, 2.24) is 14.5 Å². The van der Waals surface area contributed by atoms with Gasteiger partial charge in [-0.15, -0.1) is 0 Å². The first-order valence-corrected chi connectivity index (χ1v) is 8.70. The third kappa shape index (κ3) is 3.05. The van der Waals surface area contributed by atoms with Crippen LogP contribution in [0.5, 0.6) is 0 Å². The van der Waals surface area contributed by atoms with Gasteiger partial charge in [0.05, 0.1) is 18.7 Å². The molecule has 7 heteroatoms. The fraction of sp³-hybridized carbons (Fsp3) is 0.421. The van der Waals surface area contributed by atoms with Gasteiger partial charge >= 0.3 is 6.18 Å². The van der Waals surface area contributed by atoms with Crippen LogP contribution in [-0.4, -0.2) is 47.3 Å². The number of pyridine rings is 1. The van der Waals surface area contributed by atoms with Gasteiger partial charge in [-0.3, -0.25) is 4.90 Å². The summed E-state index contributed by atoms with van der Waals surface area (Å²) in [7, 11) is 0. The van der Waals surface area contributed by atoms with E-state index in [9.17, 15) is 13.2 Å². The van der Waals surface area contributed by atoms with Crippen LogP contribution < -0.4 is 0 Å². The summed E-state index contributed by atoms with van der Waals surface area (Å²) < 4.78 is 47.9. The summed E-state index contributed by atoms with van der Waals surface area (Å²) in [5.74, 6) is 0. The number of ether oxygens (including phenoxy) is 1. The number of fused-ring (bicyclic) bond motifs is 3. The Morgan fingerprint density at radius 3 is 2.58 bits per heavy atom. The number of halogens is 3. The monoisotopic (exact) mass is 363 g/mol. The summed E-state index contributed by atoms with van der Waals surface area (Å²) in [6.45, 7) is 6.07. The highest BCUT2D eigenvalue weighted by Crippen LogP contribution is 2.37. The first-order valence-electron chi connectivity index (χ1n) is 8.70. The number of aromatic nitrogens is 2. The molecule has 2 aromatic heterocycles. The van der Waals surface area contributed by atoms with E-state index >= 15 is 0 Å². The van der Waals surface area contributed by atoms with Crippen LogP contribution in [0.1, 0.15) is 11.3 Å². The molecule has 1 aliphatic rings. The van der Waals surface area contributed by atoms with Crippen molar-refractivity contribution >= 4 is 21.8 Å². The van der Waals surface area contributed by atoms with Crippen molar-refractivity contribution in [3.8, 4) is 0 Å². The molecule has 4 rings (SSSR count). The Labute approximate surface area is 149 Å². The van der Waals surface area contributed by atoms with E-state index in [0.29, 0.717) is 31.7 Å². The summed E-state index contributed by atoms with van der Waals surface area (Å²) >= 11 is 0. The van der Waals surface area contributed by atoms with Gasteiger partial charge in [0.2, 0.25) is 0 Å². The smallest absolute Gasteiger partial charge is 0.379 e. The average Bonchev–Trinajstić information content (AvgIpc) is 2.92. The molecule has 1 aliphatic heterocycles. The third-order valence-electron chi connectivity index (χ3n) is 4.94. The van der Waals surface area contributed by atoms with E-state index < -0.39 is 11.9 Å². The Bertz CT molecular complexity index is 942. The number of aryl methyl sites for hydroxylation is 1. The van der Waals surface area contributed by atoms with Crippen molar-refractivity contribution in [1.29, 1.82) is 0 Å². The molecule has 138 valence electrons. The number of benzene rings is 1. The molecule has 0 N–H and O–H groups in total. The molecule has 0 radical (unpaired) electrons. The van der Waals surface area contributed by atoms with E-state index in [4.69, 9.17) is 4.74 Å². The van der Waals surface area contributed by atoms with Crippen LogP contribution in [0.2, 0.25) is 0 Å². The van der Waals surface area contributed by atoms with Crippen LogP contribution in [0.25, 0.3) is 21.8 Å². The maximum absolute atomic E-state index is 13.6. The maximum atomic E-state index is 13.6. The second-order valence-electron chi connectivity index (χ2n) is 6.68. The Balaban J connectivity index is 1.87. The SMILES string of the molecule is Cc1ccc2c3ccnc(C(F)(F)F)c3n(CCN3CCOCC3)c2c1. The summed E-state index contributed by atoms with van der Waals surface area (Å²) in [4.78, 5) is 5.89. The zero-order valence-electron chi connectivity index (χ0n) is 14.5. The number of hydrogen-bond donors (Lipinski definition) is 0. The van der Waals surface area contributed by atoms with Crippen molar-refractivity contribution in [2.24, 2.45) is 0 Å². The minimum atomic E-state index is -4.49. The molecule has 0 spiro atoms. The molecule has 1 saturated heterocycles. The summed E-state index contributed by atoms with van der Waals surface area (Å²) in [6.07, 6.45) is -3.24. The lowest BCUT2D eigenvalue weighted by molar-refractivity contribution is -0.140. The van der Waals surface area contributed by atoms with Crippen molar-refractivity contribution < 1.29 is 17.9 Å². The lowest BCUT2D eigenvalue weighted by atomic mass is 10.1. The van der Waals surface area contributed by atoms with Gasteiger partial charge in [-0.25, -0.2) is 4.98 Å². The molecule has 1 fully saturated rings. The number of rotatable bonds is 3. The first kappa shape index (κ1) is 17.3. The summed E-state index contributed by atoms with van der Waals surface area (Å²) in [5.41, 5.74) is 1.21. The molecule has 0 bridgehead atoms. The maximum Gasteiger partial charge on any atom is 0.435 e. The van der Waals surface area contributed by atoms with Gasteiger partial charge in [0.25, 0.3) is 0 Å². The number of morpholine rings is 1. The van der Waals surface area contributed by atoms with Crippen LogP contribution in [-0.2, 0) is 17.5 Å². The molecule has 1 aromatic carbocycles. The molecule has 0 atom stereocenters. The molecule has 0 aliphatic carbocycles. The van der Waals surface area contributed by atoms with Crippen molar-refractivity contribution in [2.45, 2.75) is 19.6 Å². The largest absolute Gasteiger partial charge is 0.435 e. The molecule has 0 amide bonds. The molecule has 3 aromatic rings. The van der Waals surface area contributed by atoms with E-state index in [1.807, 2.05) is 25.1 Å². The van der Waals surface area contributed by atoms with Gasteiger partial charge in [-0.05, 0) is 24.6 Å². The molecule has 26 heavy (non-hydrogen) atoms. The highest BCUT2D eigenvalue weighted by atomic mass is 19.4. The minimum Gasteiger partial charge on any atom is -0.379 e. The Kier molecular flexibility index (Phi) is 4.36. The quantitative estimate of drug-likeness (QED) is 0.708. The second kappa shape index (κ2) is 6.55. The fourth-order valence-corrected chi connectivity index (χ4v) is 3.66. The van der Waals surface area contributed by atoms with Gasteiger partial charge in [0.1, 0.15) is 0 Å². The molecule has 3 heterocycles. The minimum absolute atomic E-state index is 0.175. The summed E-state index contributed by atoms with van der Waals surface area (Å²) in [6, 6.07) is 7.46. The zero-order chi connectivity index (χ0) is 18.3. The van der Waals surface area contributed by atoms with Crippen LogP contribution in [0.4, 0.5) is 13.2 Å². The number of alkyl halides is 3. The highest BCUT2D eigenvalue weighted by molar-refractivity contribution is 6.09.